The number of carbonyl (C=O) groups excluding carboxylic acids is 1. The van der Waals surface area contributed by atoms with Gasteiger partial charge >= 0.3 is 0 Å². The van der Waals surface area contributed by atoms with Crippen molar-refractivity contribution in [3.8, 4) is 0 Å². The predicted molar refractivity (Wildman–Crippen MR) is 85.8 cm³/mol. The highest BCUT2D eigenvalue weighted by molar-refractivity contribution is 7.14. The van der Waals surface area contributed by atoms with Gasteiger partial charge in [0.1, 0.15) is 0 Å². The minimum atomic E-state index is -0.0428. The first kappa shape index (κ1) is 14.3. The molecule has 0 saturated heterocycles. The second-order valence-corrected chi connectivity index (χ2v) is 6.85. The number of nitrogens with one attached hydrogen (secondary N) is 1. The molecule has 0 radical (unpaired) electrons. The van der Waals surface area contributed by atoms with Gasteiger partial charge in [-0.25, -0.2) is 0 Å². The normalized spacial score (nSPS) is 17.3. The Morgan fingerprint density at radius 3 is 2.86 bits per heavy atom. The van der Waals surface area contributed by atoms with Gasteiger partial charge < -0.3 is 10.4 Å². The number of aliphatic hydroxyl groups excluding tert-OH is 1. The molecular weight excluding hydrogens is 282 g/mol. The number of hydrogen-bond donors (Lipinski definition) is 2. The Balaban J connectivity index is 1.73. The van der Waals surface area contributed by atoms with Crippen LogP contribution in [0.25, 0.3) is 0 Å². The third-order valence-electron chi connectivity index (χ3n) is 3.95. The van der Waals surface area contributed by atoms with Crippen molar-refractivity contribution in [2.75, 3.05) is 5.32 Å². The molecule has 1 aliphatic carbocycles. The maximum atomic E-state index is 12.3. The zero-order valence-corrected chi connectivity index (χ0v) is 12.9. The summed E-state index contributed by atoms with van der Waals surface area (Å²) in [5.41, 5.74) is 2.95. The molecule has 3 rings (SSSR count). The SMILES string of the molecule is CC1CCc2sc(C(=O)Nc3ccc(CO)cc3)cc2C1. The number of aryl methyl sites for hydroxylation is 1. The zero-order valence-electron chi connectivity index (χ0n) is 12.1. The summed E-state index contributed by atoms with van der Waals surface area (Å²) < 4.78 is 0. The van der Waals surface area contributed by atoms with Crippen molar-refractivity contribution in [3.63, 3.8) is 0 Å². The Morgan fingerprint density at radius 1 is 1.38 bits per heavy atom. The summed E-state index contributed by atoms with van der Waals surface area (Å²) in [6.45, 7) is 2.28. The van der Waals surface area contributed by atoms with Gasteiger partial charge in [-0.3, -0.25) is 4.79 Å². The van der Waals surface area contributed by atoms with Crippen LogP contribution in [0.4, 0.5) is 5.69 Å². The number of amides is 1. The zero-order chi connectivity index (χ0) is 14.8. The van der Waals surface area contributed by atoms with E-state index in [9.17, 15) is 4.79 Å². The average molecular weight is 301 g/mol. The number of aliphatic hydroxyl groups is 1. The smallest absolute Gasteiger partial charge is 0.265 e. The lowest BCUT2D eigenvalue weighted by Gasteiger charge is -2.16. The Hall–Kier alpha value is -1.65. The molecule has 4 heteroatoms. The Morgan fingerprint density at radius 2 is 2.14 bits per heavy atom. The number of hydrogen-bond acceptors (Lipinski definition) is 3. The number of anilines is 1. The van der Waals surface area contributed by atoms with E-state index in [1.54, 1.807) is 11.3 Å². The van der Waals surface area contributed by atoms with E-state index in [1.807, 2.05) is 30.3 Å². The second kappa shape index (κ2) is 6.00. The van der Waals surface area contributed by atoms with E-state index < -0.39 is 0 Å². The molecule has 1 atom stereocenters. The molecule has 0 saturated carbocycles. The van der Waals surface area contributed by atoms with Crippen molar-refractivity contribution >= 4 is 22.9 Å². The van der Waals surface area contributed by atoms with E-state index in [4.69, 9.17) is 5.11 Å². The highest BCUT2D eigenvalue weighted by Crippen LogP contribution is 2.32. The van der Waals surface area contributed by atoms with E-state index in [0.29, 0.717) is 5.92 Å². The Bertz CT molecular complexity index is 645. The summed E-state index contributed by atoms with van der Waals surface area (Å²) in [7, 11) is 0. The van der Waals surface area contributed by atoms with E-state index >= 15 is 0 Å². The largest absolute Gasteiger partial charge is 0.392 e. The molecule has 0 spiro atoms. The van der Waals surface area contributed by atoms with Crippen LogP contribution in [0, 0.1) is 5.92 Å². The van der Waals surface area contributed by atoms with Crippen LogP contribution >= 0.6 is 11.3 Å². The summed E-state index contributed by atoms with van der Waals surface area (Å²) in [5.74, 6) is 0.674. The lowest BCUT2D eigenvalue weighted by molar-refractivity contribution is 0.103. The van der Waals surface area contributed by atoms with E-state index in [0.717, 1.165) is 29.0 Å². The number of rotatable bonds is 3. The first-order valence-corrected chi connectivity index (χ1v) is 8.10. The molecule has 21 heavy (non-hydrogen) atoms. The van der Waals surface area contributed by atoms with Gasteiger partial charge in [-0.2, -0.15) is 0 Å². The maximum Gasteiger partial charge on any atom is 0.265 e. The van der Waals surface area contributed by atoms with E-state index in [2.05, 4.69) is 12.2 Å². The predicted octanol–water partition coefficient (Wildman–Crippen LogP) is 3.62. The molecule has 1 aliphatic rings. The lowest BCUT2D eigenvalue weighted by atomic mass is 9.90. The fraction of sp³-hybridized carbons (Fsp3) is 0.353. The van der Waals surface area contributed by atoms with Crippen molar-refractivity contribution < 1.29 is 9.90 Å². The highest BCUT2D eigenvalue weighted by Gasteiger charge is 2.20. The van der Waals surface area contributed by atoms with Crippen molar-refractivity contribution in [1.29, 1.82) is 0 Å². The molecule has 1 unspecified atom stereocenters. The van der Waals surface area contributed by atoms with Crippen molar-refractivity contribution in [1.82, 2.24) is 0 Å². The van der Waals surface area contributed by atoms with Crippen LogP contribution in [0.1, 0.15) is 39.0 Å². The number of thiophene rings is 1. The van der Waals surface area contributed by atoms with Crippen LogP contribution in [-0.2, 0) is 19.4 Å². The maximum absolute atomic E-state index is 12.3. The molecule has 0 bridgehead atoms. The van der Waals surface area contributed by atoms with Gasteiger partial charge in [-0.15, -0.1) is 11.3 Å². The molecular formula is C17H19NO2S. The van der Waals surface area contributed by atoms with Crippen LogP contribution < -0.4 is 5.32 Å². The van der Waals surface area contributed by atoms with Gasteiger partial charge in [0.2, 0.25) is 0 Å². The second-order valence-electron chi connectivity index (χ2n) is 5.72. The van der Waals surface area contributed by atoms with Gasteiger partial charge in [-0.1, -0.05) is 19.1 Å². The summed E-state index contributed by atoms with van der Waals surface area (Å²) in [5, 5.41) is 11.9. The molecule has 1 aromatic heterocycles. The quantitative estimate of drug-likeness (QED) is 0.909. The summed E-state index contributed by atoms with van der Waals surface area (Å²) in [6.07, 6.45) is 3.40. The van der Waals surface area contributed by atoms with Gasteiger partial charge in [-0.05, 0) is 54.5 Å². The Kier molecular flexibility index (Phi) is 4.08. The van der Waals surface area contributed by atoms with Gasteiger partial charge in [0.25, 0.3) is 5.91 Å². The first-order chi connectivity index (χ1) is 10.2. The Labute approximate surface area is 128 Å². The molecule has 0 fully saturated rings. The molecule has 1 aromatic carbocycles. The highest BCUT2D eigenvalue weighted by atomic mass is 32.1. The lowest BCUT2D eigenvalue weighted by Crippen LogP contribution is -2.10. The minimum Gasteiger partial charge on any atom is -0.392 e. The van der Waals surface area contributed by atoms with Crippen molar-refractivity contribution in [2.45, 2.75) is 32.8 Å². The number of fused-ring (bicyclic) bond motifs is 1. The van der Waals surface area contributed by atoms with Crippen molar-refractivity contribution in [2.24, 2.45) is 5.92 Å². The van der Waals surface area contributed by atoms with E-state index in [1.165, 1.54) is 16.9 Å². The summed E-state index contributed by atoms with van der Waals surface area (Å²) in [4.78, 5) is 14.5. The standard InChI is InChI=1S/C17H19NO2S/c1-11-2-7-15-13(8-11)9-16(21-15)17(20)18-14-5-3-12(10-19)4-6-14/h3-6,9,11,19H,2,7-8,10H2,1H3,(H,18,20). The molecule has 3 nitrogen and oxygen atoms in total. The molecule has 2 aromatic rings. The number of benzene rings is 1. The molecule has 2 N–H and O–H groups in total. The summed E-state index contributed by atoms with van der Waals surface area (Å²) in [6, 6.07) is 9.32. The van der Waals surface area contributed by atoms with Crippen LogP contribution in [0.2, 0.25) is 0 Å². The topological polar surface area (TPSA) is 49.3 Å². The summed E-state index contributed by atoms with van der Waals surface area (Å²) >= 11 is 1.62. The fourth-order valence-electron chi connectivity index (χ4n) is 2.70. The van der Waals surface area contributed by atoms with E-state index in [-0.39, 0.29) is 12.5 Å². The molecule has 1 heterocycles. The third-order valence-corrected chi connectivity index (χ3v) is 5.18. The van der Waals surface area contributed by atoms with Crippen molar-refractivity contribution in [3.05, 3.63) is 51.2 Å². The van der Waals surface area contributed by atoms with Crippen LogP contribution in [0.3, 0.4) is 0 Å². The van der Waals surface area contributed by atoms with Crippen LogP contribution in [0.15, 0.2) is 30.3 Å². The molecule has 1 amide bonds. The van der Waals surface area contributed by atoms with Gasteiger partial charge in [0.05, 0.1) is 11.5 Å². The van der Waals surface area contributed by atoms with Gasteiger partial charge in [0.15, 0.2) is 0 Å². The van der Waals surface area contributed by atoms with Gasteiger partial charge in [0, 0.05) is 10.6 Å². The molecule has 0 aliphatic heterocycles. The minimum absolute atomic E-state index is 0.0179. The van der Waals surface area contributed by atoms with Crippen LogP contribution in [0.5, 0.6) is 0 Å². The van der Waals surface area contributed by atoms with Crippen LogP contribution in [-0.4, -0.2) is 11.0 Å². The monoisotopic (exact) mass is 301 g/mol. The average Bonchev–Trinajstić information content (AvgIpc) is 2.91. The number of carbonyl (C=O) groups is 1. The molecule has 110 valence electrons. The first-order valence-electron chi connectivity index (χ1n) is 7.28. The third kappa shape index (κ3) is 3.17. The fourth-order valence-corrected chi connectivity index (χ4v) is 3.81.